The first-order valence-corrected chi connectivity index (χ1v) is 3.29. The molecule has 0 saturated carbocycles. The molecule has 1 rings (SSSR count). The van der Waals surface area contributed by atoms with Crippen LogP contribution in [-0.4, -0.2) is 31.9 Å². The van der Waals surface area contributed by atoms with E-state index >= 15 is 0 Å². The van der Waals surface area contributed by atoms with Gasteiger partial charge in [-0.05, 0) is 12.2 Å². The first-order chi connectivity index (χ1) is 5.72. The molecular weight excluding hydrogens is 164 g/mol. The van der Waals surface area contributed by atoms with E-state index in [9.17, 15) is 9.59 Å². The highest BCUT2D eigenvalue weighted by molar-refractivity contribution is 5.91. The van der Waals surface area contributed by atoms with Gasteiger partial charge in [0, 0.05) is 0 Å². The first kappa shape index (κ1) is 8.73. The van der Waals surface area contributed by atoms with Gasteiger partial charge >= 0.3 is 6.16 Å². The Morgan fingerprint density at radius 1 is 1.75 bits per heavy atom. The van der Waals surface area contributed by atoms with Crippen LogP contribution in [0.3, 0.4) is 0 Å². The molecule has 0 spiro atoms. The number of methoxy groups -OCH3 is 1. The average molecular weight is 172 g/mol. The van der Waals surface area contributed by atoms with Crippen LogP contribution in [0, 0.1) is 0 Å². The highest BCUT2D eigenvalue weighted by atomic mass is 16.8. The topological polar surface area (TPSA) is 61.8 Å². The summed E-state index contributed by atoms with van der Waals surface area (Å²) in [7, 11) is 1.19. The third-order valence-corrected chi connectivity index (χ3v) is 1.21. The van der Waals surface area contributed by atoms with E-state index in [1.54, 1.807) is 0 Å². The normalized spacial score (nSPS) is 22.1. The zero-order chi connectivity index (χ0) is 8.97. The highest BCUT2D eigenvalue weighted by Crippen LogP contribution is 2.04. The van der Waals surface area contributed by atoms with Gasteiger partial charge in [-0.25, -0.2) is 4.79 Å². The molecule has 0 bridgehead atoms. The van der Waals surface area contributed by atoms with Crippen molar-refractivity contribution in [2.75, 3.05) is 13.7 Å². The number of ether oxygens (including phenoxy) is 3. The maximum atomic E-state index is 10.6. The van der Waals surface area contributed by atoms with Crippen LogP contribution in [0.5, 0.6) is 0 Å². The van der Waals surface area contributed by atoms with Crippen molar-refractivity contribution in [1.82, 2.24) is 0 Å². The molecule has 1 atom stereocenters. The summed E-state index contributed by atoms with van der Waals surface area (Å²) in [5.41, 5.74) is 0. The van der Waals surface area contributed by atoms with Crippen LogP contribution in [0.4, 0.5) is 4.79 Å². The lowest BCUT2D eigenvalue weighted by Gasteiger charge is -2.15. The molecule has 1 heterocycles. The minimum Gasteiger partial charge on any atom is -0.438 e. The van der Waals surface area contributed by atoms with Gasteiger partial charge in [-0.1, -0.05) is 0 Å². The van der Waals surface area contributed by atoms with Crippen LogP contribution in [0.1, 0.15) is 0 Å². The molecule has 0 aromatic heterocycles. The van der Waals surface area contributed by atoms with E-state index in [1.165, 1.54) is 19.3 Å². The van der Waals surface area contributed by atoms with E-state index in [0.29, 0.717) is 0 Å². The molecule has 1 aliphatic rings. The molecule has 5 heteroatoms. The van der Waals surface area contributed by atoms with Crippen LogP contribution in [0.15, 0.2) is 12.2 Å². The molecule has 0 N–H and O–H groups in total. The average Bonchev–Trinajstić information content (AvgIpc) is 2.09. The Hall–Kier alpha value is -1.36. The Morgan fingerprint density at radius 2 is 2.50 bits per heavy atom. The van der Waals surface area contributed by atoms with Crippen molar-refractivity contribution in [3.8, 4) is 0 Å². The number of carbonyl (C=O) groups excluding carboxylic acids is 2. The lowest BCUT2D eigenvalue weighted by Crippen LogP contribution is -2.25. The van der Waals surface area contributed by atoms with E-state index in [-0.39, 0.29) is 12.4 Å². The van der Waals surface area contributed by atoms with Gasteiger partial charge in [-0.15, -0.1) is 0 Å². The van der Waals surface area contributed by atoms with Crippen LogP contribution >= 0.6 is 0 Å². The number of carbonyl (C=O) groups is 2. The summed E-state index contributed by atoms with van der Waals surface area (Å²) in [6.07, 6.45) is 1.01. The predicted molar refractivity (Wildman–Crippen MR) is 37.4 cm³/mol. The predicted octanol–water partition coefficient (Wildman–Crippen LogP) is 0.251. The van der Waals surface area contributed by atoms with Gasteiger partial charge in [-0.3, -0.25) is 4.79 Å². The van der Waals surface area contributed by atoms with Crippen LogP contribution in [-0.2, 0) is 19.0 Å². The molecule has 66 valence electrons. The van der Waals surface area contributed by atoms with Crippen LogP contribution < -0.4 is 0 Å². The summed E-state index contributed by atoms with van der Waals surface area (Å²) in [6, 6.07) is 0. The molecule has 0 aromatic carbocycles. The van der Waals surface area contributed by atoms with Gasteiger partial charge in [0.2, 0.25) is 6.29 Å². The molecule has 0 radical (unpaired) electrons. The third-order valence-electron chi connectivity index (χ3n) is 1.21. The number of ketones is 1. The molecule has 0 aliphatic carbocycles. The SMILES string of the molecule is COC(=O)OC1C=CC(=O)CO1. The van der Waals surface area contributed by atoms with Gasteiger partial charge in [0.15, 0.2) is 5.78 Å². The van der Waals surface area contributed by atoms with Crippen LogP contribution in [0.2, 0.25) is 0 Å². The molecular formula is C7H8O5. The van der Waals surface area contributed by atoms with E-state index < -0.39 is 12.4 Å². The van der Waals surface area contributed by atoms with Crippen LogP contribution in [0.25, 0.3) is 0 Å². The van der Waals surface area contributed by atoms with E-state index in [0.717, 1.165) is 0 Å². The summed E-state index contributed by atoms with van der Waals surface area (Å²) in [6.45, 7) is -0.0713. The van der Waals surface area contributed by atoms with Gasteiger partial charge in [0.05, 0.1) is 7.11 Å². The monoisotopic (exact) mass is 172 g/mol. The van der Waals surface area contributed by atoms with Gasteiger partial charge in [0.1, 0.15) is 6.61 Å². The second-order valence-electron chi connectivity index (χ2n) is 2.08. The standard InChI is InChI=1S/C7H8O5/c1-10-7(9)12-6-3-2-5(8)4-11-6/h2-3,6H,4H2,1H3. The third kappa shape index (κ3) is 2.35. The van der Waals surface area contributed by atoms with E-state index in [1.807, 2.05) is 0 Å². The summed E-state index contributed by atoms with van der Waals surface area (Å²) in [5.74, 6) is -0.153. The molecule has 0 fully saturated rings. The van der Waals surface area contributed by atoms with Crippen molar-refractivity contribution in [3.05, 3.63) is 12.2 Å². The molecule has 0 saturated heterocycles. The van der Waals surface area contributed by atoms with Crippen molar-refractivity contribution in [1.29, 1.82) is 0 Å². The second kappa shape index (κ2) is 3.87. The largest absolute Gasteiger partial charge is 0.510 e. The molecule has 12 heavy (non-hydrogen) atoms. The Kier molecular flexibility index (Phi) is 2.82. The smallest absolute Gasteiger partial charge is 0.438 e. The zero-order valence-electron chi connectivity index (χ0n) is 6.48. The highest BCUT2D eigenvalue weighted by Gasteiger charge is 2.17. The van der Waals surface area contributed by atoms with Crippen molar-refractivity contribution in [3.63, 3.8) is 0 Å². The summed E-state index contributed by atoms with van der Waals surface area (Å²) < 4.78 is 13.6. The number of rotatable bonds is 1. The lowest BCUT2D eigenvalue weighted by atomic mass is 10.3. The maximum absolute atomic E-state index is 10.6. The van der Waals surface area contributed by atoms with Crippen molar-refractivity contribution >= 4 is 11.9 Å². The number of hydrogen-bond donors (Lipinski definition) is 0. The Balaban J connectivity index is 2.40. The second-order valence-corrected chi connectivity index (χ2v) is 2.08. The maximum Gasteiger partial charge on any atom is 0.510 e. The summed E-state index contributed by atoms with van der Waals surface area (Å²) >= 11 is 0. The fraction of sp³-hybridized carbons (Fsp3) is 0.429. The fourth-order valence-electron chi connectivity index (χ4n) is 0.670. The minimum atomic E-state index is -0.834. The molecule has 0 amide bonds. The quantitative estimate of drug-likeness (QED) is 0.530. The van der Waals surface area contributed by atoms with Crippen molar-refractivity contribution in [2.24, 2.45) is 0 Å². The fourth-order valence-corrected chi connectivity index (χ4v) is 0.670. The van der Waals surface area contributed by atoms with Gasteiger partial charge in [0.25, 0.3) is 0 Å². The molecule has 5 nitrogen and oxygen atoms in total. The lowest BCUT2D eigenvalue weighted by molar-refractivity contribution is -0.134. The zero-order valence-corrected chi connectivity index (χ0v) is 6.48. The molecule has 1 unspecified atom stereocenters. The van der Waals surface area contributed by atoms with E-state index in [2.05, 4.69) is 9.47 Å². The first-order valence-electron chi connectivity index (χ1n) is 3.29. The number of hydrogen-bond acceptors (Lipinski definition) is 5. The van der Waals surface area contributed by atoms with Crippen molar-refractivity contribution in [2.45, 2.75) is 6.29 Å². The van der Waals surface area contributed by atoms with Gasteiger partial charge < -0.3 is 14.2 Å². The minimum absolute atomic E-state index is 0.0713. The Morgan fingerprint density at radius 3 is 3.00 bits per heavy atom. The summed E-state index contributed by atoms with van der Waals surface area (Å²) in [5, 5.41) is 0. The molecule has 0 aromatic rings. The Labute approximate surface area is 68.9 Å². The summed E-state index contributed by atoms with van der Waals surface area (Å²) in [4.78, 5) is 21.1. The van der Waals surface area contributed by atoms with Crippen molar-refractivity contribution < 1.29 is 23.8 Å². The molecule has 1 aliphatic heterocycles. The van der Waals surface area contributed by atoms with E-state index in [4.69, 9.17) is 4.74 Å². The van der Waals surface area contributed by atoms with Gasteiger partial charge in [-0.2, -0.15) is 0 Å². The Bertz CT molecular complexity index is 220.